The van der Waals surface area contributed by atoms with E-state index in [-0.39, 0.29) is 40.9 Å². The zero-order chi connectivity index (χ0) is 30.0. The highest BCUT2D eigenvalue weighted by Crippen LogP contribution is 2.61. The lowest BCUT2D eigenvalue weighted by Crippen LogP contribution is -2.52. The molecular weight excluding hydrogens is 567 g/mol. The van der Waals surface area contributed by atoms with Gasteiger partial charge in [0.25, 0.3) is 5.91 Å². The molecule has 2 amide bonds. The summed E-state index contributed by atoms with van der Waals surface area (Å²) >= 11 is 0. The number of hydrogen-bond acceptors (Lipinski definition) is 8. The third-order valence-electron chi connectivity index (χ3n) is 8.54. The molecule has 3 N–H and O–H groups in total. The number of nitrogens with one attached hydrogen (secondary N) is 3. The Balaban J connectivity index is 1.25. The molecule has 3 aliphatic rings. The molecule has 2 atom stereocenters. The van der Waals surface area contributed by atoms with Gasteiger partial charge in [-0.15, -0.1) is 0 Å². The fourth-order valence-corrected chi connectivity index (χ4v) is 6.02. The van der Waals surface area contributed by atoms with Crippen molar-refractivity contribution in [1.82, 2.24) is 30.8 Å². The van der Waals surface area contributed by atoms with Crippen molar-refractivity contribution in [2.24, 2.45) is 5.41 Å². The molecule has 0 radical (unpaired) electrons. The number of hydrogen-bond donors (Lipinski definition) is 3. The Bertz CT molecular complexity index is 1760. The predicted octanol–water partition coefficient (Wildman–Crippen LogP) is 4.46. The molecular formula is C29H26F3N7O4. The fourth-order valence-electron chi connectivity index (χ4n) is 6.02. The van der Waals surface area contributed by atoms with E-state index in [4.69, 9.17) is 9.37 Å². The molecule has 2 fully saturated rings. The van der Waals surface area contributed by atoms with Crippen LogP contribution in [0.3, 0.4) is 0 Å². The normalized spacial score (nSPS) is 19.0. The number of anilines is 1. The minimum atomic E-state index is -1.31. The zero-order valence-corrected chi connectivity index (χ0v) is 23.1. The van der Waals surface area contributed by atoms with Gasteiger partial charge in [0.15, 0.2) is 23.1 Å². The summed E-state index contributed by atoms with van der Waals surface area (Å²) in [4.78, 5) is 31.8. The molecule has 2 saturated carbocycles. The summed E-state index contributed by atoms with van der Waals surface area (Å²) in [5.41, 5.74) is 1.78. The SMILES string of the molecule is Cc1n[nH]c(C)c1-c1ncc(NC(=O)[C@@H](NC(=O)c2nonc2C2CC2)C2c3ccc(F)c(F)c3OCC23CC3)cc1F. The Morgan fingerprint density at radius 3 is 2.58 bits per heavy atom. The van der Waals surface area contributed by atoms with Crippen molar-refractivity contribution < 1.29 is 32.1 Å². The summed E-state index contributed by atoms with van der Waals surface area (Å²) in [6.45, 7) is 3.49. The first-order chi connectivity index (χ1) is 20.7. The molecule has 1 aliphatic heterocycles. The zero-order valence-electron chi connectivity index (χ0n) is 23.1. The van der Waals surface area contributed by atoms with Gasteiger partial charge >= 0.3 is 0 Å². The number of fused-ring (bicyclic) bond motifs is 1. The Labute approximate surface area is 242 Å². The molecule has 222 valence electrons. The van der Waals surface area contributed by atoms with Crippen molar-refractivity contribution in [3.05, 3.63) is 70.2 Å². The second kappa shape index (κ2) is 9.92. The third kappa shape index (κ3) is 4.61. The van der Waals surface area contributed by atoms with Gasteiger partial charge in [-0.1, -0.05) is 11.2 Å². The largest absolute Gasteiger partial charge is 0.489 e. The molecule has 14 heteroatoms. The summed E-state index contributed by atoms with van der Waals surface area (Å²) < 4.78 is 54.8. The van der Waals surface area contributed by atoms with Crippen molar-refractivity contribution in [3.63, 3.8) is 0 Å². The fraction of sp³-hybridized carbons (Fsp3) is 0.379. The summed E-state index contributed by atoms with van der Waals surface area (Å²) in [7, 11) is 0. The van der Waals surface area contributed by atoms with Crippen molar-refractivity contribution in [3.8, 4) is 17.0 Å². The van der Waals surface area contributed by atoms with Crippen molar-refractivity contribution >= 4 is 17.5 Å². The lowest BCUT2D eigenvalue weighted by molar-refractivity contribution is -0.119. The van der Waals surface area contributed by atoms with Crippen LogP contribution in [0.25, 0.3) is 11.3 Å². The third-order valence-corrected chi connectivity index (χ3v) is 8.54. The summed E-state index contributed by atoms with van der Waals surface area (Å²) in [6, 6.07) is 2.14. The average molecular weight is 594 g/mol. The van der Waals surface area contributed by atoms with Gasteiger partial charge in [-0.25, -0.2) is 13.4 Å². The number of rotatable bonds is 7. The second-order valence-electron chi connectivity index (χ2n) is 11.5. The number of halogens is 3. The van der Waals surface area contributed by atoms with E-state index in [1.54, 1.807) is 13.8 Å². The average Bonchev–Trinajstić information content (AvgIpc) is 3.90. The number of amides is 2. The lowest BCUT2D eigenvalue weighted by atomic mass is 9.75. The maximum atomic E-state index is 15.3. The van der Waals surface area contributed by atoms with Crippen molar-refractivity contribution in [2.75, 3.05) is 11.9 Å². The van der Waals surface area contributed by atoms with E-state index in [9.17, 15) is 18.4 Å². The predicted molar refractivity (Wildman–Crippen MR) is 144 cm³/mol. The number of nitrogens with zero attached hydrogens (tertiary/aromatic N) is 4. The summed E-state index contributed by atoms with van der Waals surface area (Å²) in [5, 5.41) is 19.9. The molecule has 11 nitrogen and oxygen atoms in total. The molecule has 4 heterocycles. The van der Waals surface area contributed by atoms with E-state index in [0.717, 1.165) is 25.0 Å². The highest BCUT2D eigenvalue weighted by molar-refractivity contribution is 6.01. The van der Waals surface area contributed by atoms with Crippen LogP contribution in [0.15, 0.2) is 29.0 Å². The van der Waals surface area contributed by atoms with Gasteiger partial charge in [-0.3, -0.25) is 19.7 Å². The number of carbonyl (C=O) groups is 2. The van der Waals surface area contributed by atoms with Crippen molar-refractivity contribution in [1.29, 1.82) is 0 Å². The number of benzene rings is 1. The van der Waals surface area contributed by atoms with Crippen LogP contribution in [0.5, 0.6) is 5.75 Å². The van der Waals surface area contributed by atoms with Crippen LogP contribution in [0.2, 0.25) is 0 Å². The second-order valence-corrected chi connectivity index (χ2v) is 11.5. The Morgan fingerprint density at radius 2 is 1.91 bits per heavy atom. The Kier molecular flexibility index (Phi) is 6.25. The quantitative estimate of drug-likeness (QED) is 0.285. The Hall–Kier alpha value is -4.75. The topological polar surface area (TPSA) is 148 Å². The number of aromatic amines is 1. The van der Waals surface area contributed by atoms with E-state index >= 15 is 4.39 Å². The summed E-state index contributed by atoms with van der Waals surface area (Å²) in [6.07, 6.45) is 4.21. The van der Waals surface area contributed by atoms with Crippen LogP contribution in [0.4, 0.5) is 18.9 Å². The monoisotopic (exact) mass is 593 g/mol. The van der Waals surface area contributed by atoms with Gasteiger partial charge in [-0.2, -0.15) is 9.49 Å². The molecule has 1 unspecified atom stereocenters. The molecule has 1 spiro atoms. The number of aromatic nitrogens is 5. The molecule has 3 aromatic heterocycles. The van der Waals surface area contributed by atoms with E-state index in [1.165, 1.54) is 12.3 Å². The van der Waals surface area contributed by atoms with Crippen LogP contribution in [-0.2, 0) is 4.79 Å². The van der Waals surface area contributed by atoms with Crippen LogP contribution in [0.1, 0.15) is 70.7 Å². The van der Waals surface area contributed by atoms with E-state index in [0.29, 0.717) is 35.5 Å². The maximum Gasteiger partial charge on any atom is 0.276 e. The van der Waals surface area contributed by atoms with Crippen LogP contribution in [0, 0.1) is 36.7 Å². The highest BCUT2D eigenvalue weighted by atomic mass is 19.2. The van der Waals surface area contributed by atoms with Gasteiger partial charge in [0.1, 0.15) is 17.4 Å². The number of carbonyl (C=O) groups excluding carboxylic acids is 2. The molecule has 2 aliphatic carbocycles. The first-order valence-electron chi connectivity index (χ1n) is 13.9. The van der Waals surface area contributed by atoms with Crippen LogP contribution in [-0.4, -0.2) is 50.0 Å². The van der Waals surface area contributed by atoms with Crippen LogP contribution >= 0.6 is 0 Å². The first kappa shape index (κ1) is 27.1. The van der Waals surface area contributed by atoms with Gasteiger partial charge in [0.2, 0.25) is 11.7 Å². The summed E-state index contributed by atoms with van der Waals surface area (Å²) in [5.74, 6) is -5.45. The van der Waals surface area contributed by atoms with Gasteiger partial charge in [-0.05, 0) is 50.8 Å². The van der Waals surface area contributed by atoms with E-state index in [2.05, 4.69) is 36.1 Å². The standard InChI is InChI=1S/C29H26F3N7O4/c1-12-19(13(2)37-36-12)23-18(31)9-15(10-33-23)34-27(40)24(35-28(41)25-22(14-3-4-14)38-43-39-25)20-16-5-6-17(30)21(32)26(16)42-11-29(20)7-8-29/h5-6,9-10,14,20,24H,3-4,7-8,11H2,1-2H3,(H,34,40)(H,35,41)(H,36,37)/t20?,24-/m0/s1. The molecule has 43 heavy (non-hydrogen) atoms. The van der Waals surface area contributed by atoms with Crippen LogP contribution < -0.4 is 15.4 Å². The Morgan fingerprint density at radius 1 is 1.12 bits per heavy atom. The number of ether oxygens (including phenoxy) is 1. The lowest BCUT2D eigenvalue weighted by Gasteiger charge is -2.38. The molecule has 4 aromatic rings. The van der Waals surface area contributed by atoms with E-state index < -0.39 is 46.6 Å². The molecule has 0 saturated heterocycles. The number of H-pyrrole nitrogens is 1. The smallest absolute Gasteiger partial charge is 0.276 e. The highest BCUT2D eigenvalue weighted by Gasteiger charge is 2.58. The molecule has 1 aromatic carbocycles. The van der Waals surface area contributed by atoms with Gasteiger partial charge in [0, 0.05) is 40.1 Å². The number of pyridine rings is 1. The maximum absolute atomic E-state index is 15.3. The minimum Gasteiger partial charge on any atom is -0.489 e. The number of aryl methyl sites for hydroxylation is 2. The molecule has 7 rings (SSSR count). The minimum absolute atomic E-state index is 0.0256. The van der Waals surface area contributed by atoms with Crippen molar-refractivity contribution in [2.45, 2.75) is 57.4 Å². The molecule has 0 bridgehead atoms. The first-order valence-corrected chi connectivity index (χ1v) is 13.9. The van der Waals surface area contributed by atoms with Gasteiger partial charge in [0.05, 0.1) is 24.2 Å². The van der Waals surface area contributed by atoms with E-state index in [1.807, 2.05) is 0 Å². The van der Waals surface area contributed by atoms with Gasteiger partial charge < -0.3 is 15.4 Å².